The number of benzene rings is 1. The van der Waals surface area contributed by atoms with E-state index in [1.165, 1.54) is 6.20 Å². The van der Waals surface area contributed by atoms with Gasteiger partial charge in [0.25, 0.3) is 0 Å². The summed E-state index contributed by atoms with van der Waals surface area (Å²) < 4.78 is 17.0. The first-order valence-corrected chi connectivity index (χ1v) is 10.1. The van der Waals surface area contributed by atoms with Crippen molar-refractivity contribution in [2.45, 2.75) is 31.5 Å². The molecule has 0 spiro atoms. The van der Waals surface area contributed by atoms with Gasteiger partial charge < -0.3 is 19.5 Å². The number of methoxy groups -OCH3 is 1. The van der Waals surface area contributed by atoms with Crippen molar-refractivity contribution >= 4 is 5.82 Å². The quantitative estimate of drug-likeness (QED) is 0.632. The van der Waals surface area contributed by atoms with Crippen LogP contribution in [0.15, 0.2) is 30.6 Å². The summed E-state index contributed by atoms with van der Waals surface area (Å²) in [7, 11) is 1.67. The van der Waals surface area contributed by atoms with Gasteiger partial charge in [-0.05, 0) is 24.8 Å². The minimum Gasteiger partial charge on any atom is -0.496 e. The second-order valence-electron chi connectivity index (χ2n) is 7.44. The number of anilines is 1. The number of rotatable bonds is 7. The first-order valence-electron chi connectivity index (χ1n) is 10.1. The molecule has 9 nitrogen and oxygen atoms in total. The molecule has 0 amide bonds. The molecule has 9 heteroatoms. The zero-order valence-corrected chi connectivity index (χ0v) is 16.9. The highest BCUT2D eigenvalue weighted by molar-refractivity contribution is 5.43. The standard InChI is InChI=1S/C21H26N6O3/c1-28-19-8-16(30-13-14-4-6-29-7-5-14)2-3-17(19)18-9-20(27-26-18)25-21-12-23-15(10-22)11-24-21/h2-3,8,11-12,14,18,20,26-27H,4-7,9,13H2,1H3,(H,24,25). The van der Waals surface area contributed by atoms with Gasteiger partial charge in [0.1, 0.15) is 23.4 Å². The molecule has 2 saturated heterocycles. The molecular formula is C21H26N6O3. The first-order chi connectivity index (χ1) is 14.7. The van der Waals surface area contributed by atoms with Crippen molar-refractivity contribution in [2.24, 2.45) is 5.92 Å². The largest absolute Gasteiger partial charge is 0.496 e. The van der Waals surface area contributed by atoms with Gasteiger partial charge in [0.15, 0.2) is 5.69 Å². The predicted octanol–water partition coefficient (Wildman–Crippen LogP) is 2.14. The highest BCUT2D eigenvalue weighted by Gasteiger charge is 2.27. The Morgan fingerprint density at radius 2 is 2.10 bits per heavy atom. The lowest BCUT2D eigenvalue weighted by atomic mass is 10.0. The number of hydrogen-bond acceptors (Lipinski definition) is 9. The number of ether oxygens (including phenoxy) is 3. The smallest absolute Gasteiger partial charge is 0.158 e. The Bertz CT molecular complexity index is 879. The van der Waals surface area contributed by atoms with E-state index in [4.69, 9.17) is 19.5 Å². The van der Waals surface area contributed by atoms with Crippen LogP contribution in [0.5, 0.6) is 11.5 Å². The van der Waals surface area contributed by atoms with Gasteiger partial charge in [0.05, 0.1) is 38.3 Å². The topological polar surface area (TPSA) is 113 Å². The van der Waals surface area contributed by atoms with Gasteiger partial charge in [-0.2, -0.15) is 5.26 Å². The first kappa shape index (κ1) is 20.3. The van der Waals surface area contributed by atoms with Crippen LogP contribution in [-0.2, 0) is 4.74 Å². The molecule has 4 rings (SSSR count). The van der Waals surface area contributed by atoms with E-state index in [0.29, 0.717) is 24.0 Å². The molecule has 0 saturated carbocycles. The summed E-state index contributed by atoms with van der Waals surface area (Å²) in [5.41, 5.74) is 7.87. The number of nitrogens with one attached hydrogen (secondary N) is 3. The Morgan fingerprint density at radius 1 is 1.23 bits per heavy atom. The fourth-order valence-corrected chi connectivity index (χ4v) is 3.69. The lowest BCUT2D eigenvalue weighted by Crippen LogP contribution is -2.36. The molecule has 30 heavy (non-hydrogen) atoms. The van der Waals surface area contributed by atoms with E-state index in [1.54, 1.807) is 13.3 Å². The van der Waals surface area contributed by atoms with Crippen molar-refractivity contribution in [3.8, 4) is 17.6 Å². The van der Waals surface area contributed by atoms with E-state index < -0.39 is 0 Å². The minimum atomic E-state index is -0.0358. The highest BCUT2D eigenvalue weighted by atomic mass is 16.5. The maximum absolute atomic E-state index is 8.82. The predicted molar refractivity (Wildman–Crippen MR) is 110 cm³/mol. The van der Waals surface area contributed by atoms with Crippen LogP contribution in [0.2, 0.25) is 0 Å². The van der Waals surface area contributed by atoms with E-state index in [1.807, 2.05) is 24.3 Å². The molecule has 0 radical (unpaired) electrons. The van der Waals surface area contributed by atoms with Gasteiger partial charge in [-0.15, -0.1) is 0 Å². The van der Waals surface area contributed by atoms with Gasteiger partial charge in [0, 0.05) is 31.3 Å². The monoisotopic (exact) mass is 410 g/mol. The molecule has 2 atom stereocenters. The number of nitriles is 1. The summed E-state index contributed by atoms with van der Waals surface area (Å²) in [6.07, 6.45) is 5.84. The van der Waals surface area contributed by atoms with Gasteiger partial charge in [-0.25, -0.2) is 20.8 Å². The molecule has 0 aliphatic carbocycles. The Balaban J connectivity index is 1.35. The fraction of sp³-hybridized carbons (Fsp3) is 0.476. The zero-order chi connectivity index (χ0) is 20.8. The van der Waals surface area contributed by atoms with Crippen molar-refractivity contribution in [1.82, 2.24) is 20.8 Å². The van der Waals surface area contributed by atoms with E-state index in [-0.39, 0.29) is 12.2 Å². The van der Waals surface area contributed by atoms with Crippen molar-refractivity contribution in [3.63, 3.8) is 0 Å². The van der Waals surface area contributed by atoms with Gasteiger partial charge in [0.2, 0.25) is 0 Å². The summed E-state index contributed by atoms with van der Waals surface area (Å²) in [5.74, 6) is 2.76. The minimum absolute atomic E-state index is 0.0358. The fourth-order valence-electron chi connectivity index (χ4n) is 3.69. The van der Waals surface area contributed by atoms with E-state index in [9.17, 15) is 0 Å². The number of nitrogens with zero attached hydrogens (tertiary/aromatic N) is 3. The normalized spacial score (nSPS) is 21.7. The van der Waals surface area contributed by atoms with Crippen LogP contribution < -0.4 is 25.6 Å². The van der Waals surface area contributed by atoms with E-state index >= 15 is 0 Å². The molecule has 0 bridgehead atoms. The molecular weight excluding hydrogens is 384 g/mol. The Kier molecular flexibility index (Phi) is 6.59. The second-order valence-corrected chi connectivity index (χ2v) is 7.44. The van der Waals surface area contributed by atoms with Crippen LogP contribution in [0.4, 0.5) is 5.82 Å². The molecule has 2 aliphatic rings. The molecule has 1 aromatic carbocycles. The summed E-state index contributed by atoms with van der Waals surface area (Å²) >= 11 is 0. The number of aromatic nitrogens is 2. The average molecular weight is 410 g/mol. The number of hydrazine groups is 1. The van der Waals surface area contributed by atoms with Gasteiger partial charge in [-0.3, -0.25) is 0 Å². The van der Waals surface area contributed by atoms with Crippen molar-refractivity contribution in [1.29, 1.82) is 5.26 Å². The molecule has 2 unspecified atom stereocenters. The summed E-state index contributed by atoms with van der Waals surface area (Å²) in [5, 5.41) is 12.1. The maximum Gasteiger partial charge on any atom is 0.158 e. The molecule has 2 fully saturated rings. The van der Waals surface area contributed by atoms with Gasteiger partial charge >= 0.3 is 0 Å². The van der Waals surface area contributed by atoms with Crippen molar-refractivity contribution < 1.29 is 14.2 Å². The van der Waals surface area contributed by atoms with Crippen molar-refractivity contribution in [2.75, 3.05) is 32.2 Å². The number of hydrogen-bond donors (Lipinski definition) is 3. The Hall–Kier alpha value is -2.93. The maximum atomic E-state index is 8.82. The highest BCUT2D eigenvalue weighted by Crippen LogP contribution is 2.33. The summed E-state index contributed by atoms with van der Waals surface area (Å²) in [6, 6.07) is 8.01. The van der Waals surface area contributed by atoms with Gasteiger partial charge in [-0.1, -0.05) is 6.07 Å². The molecule has 2 aromatic rings. The van der Waals surface area contributed by atoms with Crippen LogP contribution in [0.25, 0.3) is 0 Å². The average Bonchev–Trinajstić information content (AvgIpc) is 3.27. The lowest BCUT2D eigenvalue weighted by molar-refractivity contribution is 0.0497. The third-order valence-corrected chi connectivity index (χ3v) is 5.40. The molecule has 2 aliphatic heterocycles. The molecule has 1 aromatic heterocycles. The van der Waals surface area contributed by atoms with Crippen LogP contribution in [0.3, 0.4) is 0 Å². The third kappa shape index (κ3) is 4.97. The second kappa shape index (κ2) is 9.71. The van der Waals surface area contributed by atoms with Crippen LogP contribution in [-0.4, -0.2) is 43.1 Å². The Morgan fingerprint density at radius 3 is 2.83 bits per heavy atom. The molecule has 3 N–H and O–H groups in total. The lowest BCUT2D eigenvalue weighted by Gasteiger charge is -2.22. The molecule has 158 valence electrons. The SMILES string of the molecule is COc1cc(OCC2CCOCC2)ccc1C1CC(Nc2cnc(C#N)cn2)NN1. The third-order valence-electron chi connectivity index (χ3n) is 5.40. The molecule has 3 heterocycles. The van der Waals surface area contributed by atoms with Crippen molar-refractivity contribution in [3.05, 3.63) is 41.9 Å². The zero-order valence-electron chi connectivity index (χ0n) is 16.9. The summed E-state index contributed by atoms with van der Waals surface area (Å²) in [6.45, 7) is 2.34. The van der Waals surface area contributed by atoms with Crippen LogP contribution in [0.1, 0.15) is 36.6 Å². The Labute approximate surface area is 175 Å². The van der Waals surface area contributed by atoms with Crippen LogP contribution in [0, 0.1) is 17.2 Å². The van der Waals surface area contributed by atoms with E-state index in [0.717, 1.165) is 49.5 Å². The van der Waals surface area contributed by atoms with E-state index in [2.05, 4.69) is 26.1 Å². The van der Waals surface area contributed by atoms with Crippen LogP contribution >= 0.6 is 0 Å². The summed E-state index contributed by atoms with van der Waals surface area (Å²) in [4.78, 5) is 8.23.